The van der Waals surface area contributed by atoms with Crippen LogP contribution in [0.2, 0.25) is 0 Å². The SMILES string of the molecule is CCOCN(C(=O)Cn1c(CN2CCCCCC2)nc2ccccc21)c1c(C)cccc1CC. The number of anilines is 1. The molecule has 6 nitrogen and oxygen atoms in total. The minimum atomic E-state index is 0.0257. The summed E-state index contributed by atoms with van der Waals surface area (Å²) in [7, 11) is 0. The van der Waals surface area contributed by atoms with Crippen molar-refractivity contribution in [2.75, 3.05) is 31.3 Å². The van der Waals surface area contributed by atoms with Crippen molar-refractivity contribution < 1.29 is 9.53 Å². The molecule has 0 aliphatic carbocycles. The van der Waals surface area contributed by atoms with Gasteiger partial charge in [0.15, 0.2) is 0 Å². The first-order chi connectivity index (χ1) is 16.6. The van der Waals surface area contributed by atoms with Gasteiger partial charge in [0, 0.05) is 6.61 Å². The first-order valence-electron chi connectivity index (χ1n) is 12.8. The Labute approximate surface area is 203 Å². The van der Waals surface area contributed by atoms with Crippen molar-refractivity contribution in [3.05, 3.63) is 59.4 Å². The number of imidazole rings is 1. The molecule has 0 saturated carbocycles. The summed E-state index contributed by atoms with van der Waals surface area (Å²) in [6.45, 7) is 10.2. The Bertz CT molecular complexity index is 1100. The molecule has 0 bridgehead atoms. The highest BCUT2D eigenvalue weighted by Crippen LogP contribution is 2.27. The second-order valence-electron chi connectivity index (χ2n) is 9.17. The van der Waals surface area contributed by atoms with Gasteiger partial charge in [-0.15, -0.1) is 0 Å². The molecule has 1 fully saturated rings. The van der Waals surface area contributed by atoms with Crippen molar-refractivity contribution >= 4 is 22.6 Å². The molecule has 34 heavy (non-hydrogen) atoms. The number of hydrogen-bond acceptors (Lipinski definition) is 4. The van der Waals surface area contributed by atoms with E-state index in [1.807, 2.05) is 30.0 Å². The number of benzene rings is 2. The first kappa shape index (κ1) is 24.4. The minimum absolute atomic E-state index is 0.0257. The summed E-state index contributed by atoms with van der Waals surface area (Å²) >= 11 is 0. The van der Waals surface area contributed by atoms with Crippen LogP contribution in [-0.2, 0) is 29.0 Å². The van der Waals surface area contributed by atoms with Gasteiger partial charge in [0.05, 0.1) is 23.3 Å². The lowest BCUT2D eigenvalue weighted by Crippen LogP contribution is -2.37. The van der Waals surface area contributed by atoms with Gasteiger partial charge < -0.3 is 9.30 Å². The van der Waals surface area contributed by atoms with Crippen molar-refractivity contribution in [1.82, 2.24) is 14.5 Å². The standard InChI is InChI=1S/C28H38N4O2/c1-4-23-14-12-13-22(3)28(23)32(21-34-5-2)27(33)20-31-25-16-9-8-15-24(25)29-26(31)19-30-17-10-6-7-11-18-30/h8-9,12-16H,4-7,10-11,17-21H2,1-3H3. The third-order valence-corrected chi connectivity index (χ3v) is 6.79. The lowest BCUT2D eigenvalue weighted by molar-refractivity contribution is -0.120. The van der Waals surface area contributed by atoms with Crippen LogP contribution < -0.4 is 4.90 Å². The summed E-state index contributed by atoms with van der Waals surface area (Å²) in [6, 6.07) is 14.4. The number of aryl methyl sites for hydroxylation is 2. The average molecular weight is 463 g/mol. The third kappa shape index (κ3) is 5.50. The van der Waals surface area contributed by atoms with Gasteiger partial charge in [-0.2, -0.15) is 0 Å². The van der Waals surface area contributed by atoms with E-state index in [1.165, 1.54) is 25.7 Å². The van der Waals surface area contributed by atoms with E-state index in [0.29, 0.717) is 6.61 Å². The van der Waals surface area contributed by atoms with Crippen LogP contribution in [0.1, 0.15) is 56.5 Å². The highest BCUT2D eigenvalue weighted by atomic mass is 16.5. The van der Waals surface area contributed by atoms with Gasteiger partial charge in [0.1, 0.15) is 19.1 Å². The van der Waals surface area contributed by atoms with E-state index >= 15 is 0 Å². The maximum Gasteiger partial charge on any atom is 0.248 e. The maximum atomic E-state index is 13.9. The zero-order valence-corrected chi connectivity index (χ0v) is 20.9. The van der Waals surface area contributed by atoms with Crippen molar-refractivity contribution in [3.63, 3.8) is 0 Å². The molecule has 0 radical (unpaired) electrons. The molecular weight excluding hydrogens is 424 g/mol. The number of carbonyl (C=O) groups excluding carboxylic acids is 1. The molecule has 3 aromatic rings. The maximum absolute atomic E-state index is 13.9. The Morgan fingerprint density at radius 3 is 2.53 bits per heavy atom. The number of rotatable bonds is 9. The summed E-state index contributed by atoms with van der Waals surface area (Å²) in [4.78, 5) is 23.1. The van der Waals surface area contributed by atoms with Crippen LogP contribution in [-0.4, -0.2) is 46.8 Å². The van der Waals surface area contributed by atoms with Crippen molar-refractivity contribution in [2.45, 2.75) is 66.0 Å². The predicted octanol–water partition coefficient (Wildman–Crippen LogP) is 5.31. The lowest BCUT2D eigenvalue weighted by atomic mass is 10.0. The van der Waals surface area contributed by atoms with Gasteiger partial charge in [-0.3, -0.25) is 14.6 Å². The molecule has 0 atom stereocenters. The zero-order valence-electron chi connectivity index (χ0n) is 20.9. The van der Waals surface area contributed by atoms with Crippen molar-refractivity contribution in [1.29, 1.82) is 0 Å². The number of fused-ring (bicyclic) bond motifs is 1. The first-order valence-corrected chi connectivity index (χ1v) is 12.8. The molecule has 1 saturated heterocycles. The van der Waals surface area contributed by atoms with Crippen molar-refractivity contribution in [2.24, 2.45) is 0 Å². The Morgan fingerprint density at radius 2 is 1.79 bits per heavy atom. The van der Waals surface area contributed by atoms with Crippen LogP contribution in [0.5, 0.6) is 0 Å². The molecule has 1 aliphatic rings. The molecule has 0 unspecified atom stereocenters. The zero-order chi connectivity index (χ0) is 23.9. The van der Waals surface area contributed by atoms with Gasteiger partial charge in [-0.05, 0) is 69.5 Å². The largest absolute Gasteiger partial charge is 0.361 e. The van der Waals surface area contributed by atoms with Crippen LogP contribution in [0, 0.1) is 6.92 Å². The molecule has 4 rings (SSSR count). The summed E-state index contributed by atoms with van der Waals surface area (Å²) in [5, 5.41) is 0. The average Bonchev–Trinajstić information content (AvgIpc) is 2.99. The third-order valence-electron chi connectivity index (χ3n) is 6.79. The molecule has 2 heterocycles. The molecular formula is C28H38N4O2. The molecule has 2 aromatic carbocycles. The number of carbonyl (C=O) groups is 1. The molecule has 1 amide bonds. The minimum Gasteiger partial charge on any atom is -0.361 e. The van der Waals surface area contributed by atoms with Crippen LogP contribution in [0.3, 0.4) is 0 Å². The fraction of sp³-hybridized carbons (Fsp3) is 0.500. The predicted molar refractivity (Wildman–Crippen MR) is 138 cm³/mol. The molecule has 0 spiro atoms. The van der Waals surface area contributed by atoms with E-state index in [-0.39, 0.29) is 19.2 Å². The molecule has 0 N–H and O–H groups in total. The van der Waals surface area contributed by atoms with Gasteiger partial charge >= 0.3 is 0 Å². The van der Waals surface area contributed by atoms with E-state index in [1.54, 1.807) is 0 Å². The molecule has 182 valence electrons. The second kappa shape index (κ2) is 11.6. The quantitative estimate of drug-likeness (QED) is 0.404. The number of para-hydroxylation sites is 3. The van der Waals surface area contributed by atoms with Gasteiger partial charge in [-0.25, -0.2) is 4.98 Å². The van der Waals surface area contributed by atoms with Crippen LogP contribution in [0.4, 0.5) is 5.69 Å². The Balaban J connectivity index is 1.67. The van der Waals surface area contributed by atoms with Crippen LogP contribution in [0.25, 0.3) is 11.0 Å². The van der Waals surface area contributed by atoms with E-state index in [4.69, 9.17) is 9.72 Å². The lowest BCUT2D eigenvalue weighted by Gasteiger charge is -2.27. The summed E-state index contributed by atoms with van der Waals surface area (Å²) < 4.78 is 7.89. The fourth-order valence-electron chi connectivity index (χ4n) is 4.97. The summed E-state index contributed by atoms with van der Waals surface area (Å²) in [5.41, 5.74) is 5.18. The highest BCUT2D eigenvalue weighted by Gasteiger charge is 2.23. The number of ether oxygens (including phenoxy) is 1. The second-order valence-corrected chi connectivity index (χ2v) is 9.17. The molecule has 6 heteroatoms. The number of nitrogens with zero attached hydrogens (tertiary/aromatic N) is 4. The Hall–Kier alpha value is -2.70. The van der Waals surface area contributed by atoms with Crippen molar-refractivity contribution in [3.8, 4) is 0 Å². The highest BCUT2D eigenvalue weighted by molar-refractivity contribution is 5.95. The normalized spacial score (nSPS) is 14.9. The smallest absolute Gasteiger partial charge is 0.248 e. The van der Waals surface area contributed by atoms with Gasteiger partial charge in [0.25, 0.3) is 0 Å². The van der Waals surface area contributed by atoms with Crippen LogP contribution in [0.15, 0.2) is 42.5 Å². The van der Waals surface area contributed by atoms with Gasteiger partial charge in [-0.1, -0.05) is 50.1 Å². The summed E-state index contributed by atoms with van der Waals surface area (Å²) in [6.07, 6.45) is 5.92. The topological polar surface area (TPSA) is 50.6 Å². The van der Waals surface area contributed by atoms with Crippen LogP contribution >= 0.6 is 0 Å². The summed E-state index contributed by atoms with van der Waals surface area (Å²) in [5.74, 6) is 0.992. The number of likely N-dealkylation sites (tertiary alicyclic amines) is 1. The van der Waals surface area contributed by atoms with E-state index in [0.717, 1.165) is 59.7 Å². The Kier molecular flexibility index (Phi) is 8.35. The number of hydrogen-bond donors (Lipinski definition) is 0. The van der Waals surface area contributed by atoms with E-state index in [2.05, 4.69) is 47.6 Å². The number of aromatic nitrogens is 2. The molecule has 1 aliphatic heterocycles. The fourth-order valence-corrected chi connectivity index (χ4v) is 4.97. The van der Waals surface area contributed by atoms with E-state index in [9.17, 15) is 4.79 Å². The van der Waals surface area contributed by atoms with Gasteiger partial charge in [0.2, 0.25) is 5.91 Å². The number of amides is 1. The molecule has 1 aromatic heterocycles. The van der Waals surface area contributed by atoms with E-state index < -0.39 is 0 Å². The monoisotopic (exact) mass is 462 g/mol. The Morgan fingerprint density at radius 1 is 1.03 bits per heavy atom.